The Bertz CT molecular complexity index is 1060. The monoisotopic (exact) mass is 422 g/mol. The van der Waals surface area contributed by atoms with Crippen molar-refractivity contribution < 1.29 is 14.5 Å². The first-order chi connectivity index (χ1) is 14.4. The van der Waals surface area contributed by atoms with E-state index in [0.717, 1.165) is 4.90 Å². The van der Waals surface area contributed by atoms with E-state index >= 15 is 0 Å². The highest BCUT2D eigenvalue weighted by Gasteiger charge is 2.15. The van der Waals surface area contributed by atoms with Gasteiger partial charge in [0.05, 0.1) is 10.2 Å². The molecule has 8 nitrogen and oxygen atoms in total. The molecule has 1 aromatic heterocycles. The maximum Gasteiger partial charge on any atom is 0.270 e. The fourth-order valence-corrected chi connectivity index (χ4v) is 3.39. The molecule has 0 spiro atoms. The molecule has 0 saturated heterocycles. The fraction of sp³-hybridized carbons (Fsp3) is 0.0952. The normalized spacial score (nSPS) is 11.4. The number of hydrogen-bond acceptors (Lipinski definition) is 6. The highest BCUT2D eigenvalue weighted by atomic mass is 32.2. The number of carbonyl (C=O) groups is 2. The van der Waals surface area contributed by atoms with Crippen LogP contribution in [0.1, 0.15) is 17.3 Å². The summed E-state index contributed by atoms with van der Waals surface area (Å²) in [5.41, 5.74) is 1.28. The molecule has 0 bridgehead atoms. The van der Waals surface area contributed by atoms with Crippen LogP contribution in [0.3, 0.4) is 0 Å². The molecule has 0 aliphatic heterocycles. The van der Waals surface area contributed by atoms with Gasteiger partial charge in [0.25, 0.3) is 11.6 Å². The number of nitrogens with one attached hydrogen (secondary N) is 2. The van der Waals surface area contributed by atoms with Crippen LogP contribution in [-0.4, -0.2) is 27.0 Å². The number of hydrogen-bond donors (Lipinski definition) is 2. The van der Waals surface area contributed by atoms with Crippen LogP contribution in [-0.2, 0) is 4.79 Å². The SMILES string of the molecule is CC(Sc1ccc(NC(=O)c2cccc([N+](=O)[O-])c2)cc1)C(=O)Nc1ccncc1. The molecule has 30 heavy (non-hydrogen) atoms. The Labute approximate surface area is 176 Å². The molecule has 9 heteroatoms. The minimum absolute atomic E-state index is 0.130. The maximum absolute atomic E-state index is 12.3. The van der Waals surface area contributed by atoms with Crippen LogP contribution in [0.4, 0.5) is 17.1 Å². The molecule has 152 valence electrons. The summed E-state index contributed by atoms with van der Waals surface area (Å²) < 4.78 is 0. The molecular weight excluding hydrogens is 404 g/mol. The molecule has 2 aromatic carbocycles. The van der Waals surface area contributed by atoms with E-state index in [1.54, 1.807) is 55.7 Å². The van der Waals surface area contributed by atoms with Gasteiger partial charge in [-0.2, -0.15) is 0 Å². The molecule has 3 aromatic rings. The lowest BCUT2D eigenvalue weighted by atomic mass is 10.2. The molecule has 0 fully saturated rings. The van der Waals surface area contributed by atoms with E-state index in [-0.39, 0.29) is 22.4 Å². The number of rotatable bonds is 7. The topological polar surface area (TPSA) is 114 Å². The first-order valence-corrected chi connectivity index (χ1v) is 9.84. The van der Waals surface area contributed by atoms with E-state index in [1.165, 1.54) is 36.0 Å². The van der Waals surface area contributed by atoms with Gasteiger partial charge in [0.1, 0.15) is 0 Å². The molecule has 2 amide bonds. The number of pyridine rings is 1. The molecule has 0 saturated carbocycles. The quantitative estimate of drug-likeness (QED) is 0.332. The summed E-state index contributed by atoms with van der Waals surface area (Å²) >= 11 is 1.38. The van der Waals surface area contributed by atoms with Crippen molar-refractivity contribution in [3.63, 3.8) is 0 Å². The lowest BCUT2D eigenvalue weighted by Gasteiger charge is -2.12. The smallest absolute Gasteiger partial charge is 0.270 e. The van der Waals surface area contributed by atoms with Gasteiger partial charge in [-0.05, 0) is 49.4 Å². The van der Waals surface area contributed by atoms with Crippen LogP contribution in [0.25, 0.3) is 0 Å². The Morgan fingerprint density at radius 2 is 1.67 bits per heavy atom. The number of amides is 2. The number of nitrogens with zero attached hydrogens (tertiary/aromatic N) is 2. The summed E-state index contributed by atoms with van der Waals surface area (Å²) in [7, 11) is 0. The van der Waals surface area contributed by atoms with E-state index in [4.69, 9.17) is 0 Å². The van der Waals surface area contributed by atoms with E-state index in [0.29, 0.717) is 11.4 Å². The Morgan fingerprint density at radius 3 is 2.33 bits per heavy atom. The minimum atomic E-state index is -0.547. The fourth-order valence-electron chi connectivity index (χ4n) is 2.52. The van der Waals surface area contributed by atoms with Gasteiger partial charge in [0, 0.05) is 46.4 Å². The van der Waals surface area contributed by atoms with Crippen LogP contribution in [0.5, 0.6) is 0 Å². The number of carbonyl (C=O) groups excluding carboxylic acids is 2. The summed E-state index contributed by atoms with van der Waals surface area (Å²) in [6, 6.07) is 16.0. The van der Waals surface area contributed by atoms with Crippen LogP contribution < -0.4 is 10.6 Å². The van der Waals surface area contributed by atoms with Crippen molar-refractivity contribution in [1.29, 1.82) is 0 Å². The lowest BCUT2D eigenvalue weighted by molar-refractivity contribution is -0.384. The Kier molecular flexibility index (Phi) is 6.76. The molecule has 1 unspecified atom stereocenters. The first kappa shape index (κ1) is 21.0. The third-order valence-corrected chi connectivity index (χ3v) is 5.17. The van der Waals surface area contributed by atoms with Crippen molar-refractivity contribution in [2.75, 3.05) is 10.6 Å². The number of anilines is 2. The number of benzene rings is 2. The highest BCUT2D eigenvalue weighted by molar-refractivity contribution is 8.00. The third kappa shape index (κ3) is 5.65. The van der Waals surface area contributed by atoms with Crippen molar-refractivity contribution in [2.45, 2.75) is 17.1 Å². The number of aromatic nitrogens is 1. The Hall–Kier alpha value is -3.72. The molecular formula is C21H18N4O4S. The van der Waals surface area contributed by atoms with E-state index < -0.39 is 10.8 Å². The predicted octanol–water partition coefficient (Wildman–Crippen LogP) is 4.36. The van der Waals surface area contributed by atoms with Gasteiger partial charge in [-0.25, -0.2) is 0 Å². The van der Waals surface area contributed by atoms with Crippen LogP contribution >= 0.6 is 11.8 Å². The zero-order valence-electron chi connectivity index (χ0n) is 15.9. The highest BCUT2D eigenvalue weighted by Crippen LogP contribution is 2.26. The molecule has 0 radical (unpaired) electrons. The van der Waals surface area contributed by atoms with Crippen LogP contribution in [0.15, 0.2) is 78.0 Å². The van der Waals surface area contributed by atoms with E-state index in [9.17, 15) is 19.7 Å². The van der Waals surface area contributed by atoms with Gasteiger partial charge in [0.15, 0.2) is 0 Å². The third-order valence-electron chi connectivity index (χ3n) is 4.06. The van der Waals surface area contributed by atoms with Crippen LogP contribution in [0.2, 0.25) is 0 Å². The van der Waals surface area contributed by atoms with Crippen molar-refractivity contribution in [3.05, 3.63) is 88.7 Å². The molecule has 0 aliphatic carbocycles. The maximum atomic E-state index is 12.3. The van der Waals surface area contributed by atoms with Crippen molar-refractivity contribution in [1.82, 2.24) is 4.98 Å². The average Bonchev–Trinajstić information content (AvgIpc) is 2.75. The van der Waals surface area contributed by atoms with Crippen molar-refractivity contribution >= 4 is 40.6 Å². The van der Waals surface area contributed by atoms with Gasteiger partial charge in [0.2, 0.25) is 5.91 Å². The second-order valence-electron chi connectivity index (χ2n) is 6.27. The van der Waals surface area contributed by atoms with Gasteiger partial charge in [-0.1, -0.05) is 6.07 Å². The lowest BCUT2D eigenvalue weighted by Crippen LogP contribution is -2.22. The average molecular weight is 422 g/mol. The second kappa shape index (κ2) is 9.66. The predicted molar refractivity (Wildman–Crippen MR) is 116 cm³/mol. The molecule has 3 rings (SSSR count). The van der Waals surface area contributed by atoms with Gasteiger partial charge < -0.3 is 10.6 Å². The summed E-state index contributed by atoms with van der Waals surface area (Å²) in [6.07, 6.45) is 3.21. The largest absolute Gasteiger partial charge is 0.325 e. The molecule has 1 atom stereocenters. The summed E-state index contributed by atoms with van der Waals surface area (Å²) in [6.45, 7) is 1.80. The standard InChI is InChI=1S/C21H18N4O4S/c1-14(20(26)23-17-9-11-22-12-10-17)30-19-7-5-16(6-8-19)24-21(27)15-3-2-4-18(13-15)25(28)29/h2-14H,1H3,(H,24,27)(H,22,23,26). The summed E-state index contributed by atoms with van der Waals surface area (Å²) in [4.78, 5) is 39.7. The molecule has 0 aliphatic rings. The Morgan fingerprint density at radius 1 is 1.00 bits per heavy atom. The molecule has 1 heterocycles. The number of nitro groups is 1. The van der Waals surface area contributed by atoms with Crippen molar-refractivity contribution in [3.8, 4) is 0 Å². The molecule has 2 N–H and O–H groups in total. The van der Waals surface area contributed by atoms with Gasteiger partial charge >= 0.3 is 0 Å². The van der Waals surface area contributed by atoms with Gasteiger partial charge in [-0.15, -0.1) is 11.8 Å². The zero-order chi connectivity index (χ0) is 21.5. The van der Waals surface area contributed by atoms with Crippen molar-refractivity contribution in [2.24, 2.45) is 0 Å². The minimum Gasteiger partial charge on any atom is -0.325 e. The summed E-state index contributed by atoms with van der Waals surface area (Å²) in [5, 5.41) is 16.0. The Balaban J connectivity index is 1.58. The second-order valence-corrected chi connectivity index (χ2v) is 7.69. The first-order valence-electron chi connectivity index (χ1n) is 8.96. The zero-order valence-corrected chi connectivity index (χ0v) is 16.8. The number of nitro benzene ring substituents is 1. The van der Waals surface area contributed by atoms with E-state index in [1.807, 2.05) is 0 Å². The van der Waals surface area contributed by atoms with E-state index in [2.05, 4.69) is 15.6 Å². The number of thioether (sulfide) groups is 1. The summed E-state index contributed by atoms with van der Waals surface area (Å²) in [5.74, 6) is -0.571. The van der Waals surface area contributed by atoms with Crippen LogP contribution in [0, 0.1) is 10.1 Å². The van der Waals surface area contributed by atoms with Gasteiger partial charge in [-0.3, -0.25) is 24.7 Å². The number of non-ortho nitro benzene ring substituents is 1.